The average molecular weight is 345 g/mol. The maximum atomic E-state index is 12.5. The van der Waals surface area contributed by atoms with Crippen molar-refractivity contribution in [2.45, 2.75) is 18.6 Å². The summed E-state index contributed by atoms with van der Waals surface area (Å²) < 4.78 is 38.0. The average Bonchev–Trinajstić information content (AvgIpc) is 2.16. The summed E-state index contributed by atoms with van der Waals surface area (Å²) in [6.07, 6.45) is -4.12. The van der Waals surface area contributed by atoms with Gasteiger partial charge in [-0.05, 0) is 52.8 Å². The van der Waals surface area contributed by atoms with Gasteiger partial charge in [-0.25, -0.2) is 0 Å². The van der Waals surface area contributed by atoms with Crippen molar-refractivity contribution in [1.29, 1.82) is 0 Å². The number of hydrogen-bond acceptors (Lipinski definition) is 2. The van der Waals surface area contributed by atoms with Crippen LogP contribution in [0.5, 0.6) is 0 Å². The smallest absolute Gasteiger partial charge is 0.396 e. The second-order valence-electron chi connectivity index (χ2n) is 3.35. The van der Waals surface area contributed by atoms with Crippen molar-refractivity contribution >= 4 is 22.6 Å². The lowest BCUT2D eigenvalue weighted by Crippen LogP contribution is -2.15. The number of halogens is 4. The minimum atomic E-state index is -4.36. The molecule has 6 heteroatoms. The Labute approximate surface area is 105 Å². The Morgan fingerprint density at radius 2 is 2.00 bits per heavy atom. The zero-order chi connectivity index (χ0) is 12.3. The summed E-state index contributed by atoms with van der Waals surface area (Å²) in [4.78, 5) is 0. The summed E-state index contributed by atoms with van der Waals surface area (Å²) in [7, 11) is 0. The van der Waals surface area contributed by atoms with Gasteiger partial charge in [0.05, 0.1) is 5.56 Å². The number of rotatable bonds is 3. The van der Waals surface area contributed by atoms with Gasteiger partial charge in [0.1, 0.15) is 0 Å². The Morgan fingerprint density at radius 3 is 2.50 bits per heavy atom. The number of aliphatic hydroxyl groups is 1. The lowest BCUT2D eigenvalue weighted by atomic mass is 10.0. The van der Waals surface area contributed by atoms with Gasteiger partial charge in [0.2, 0.25) is 0 Å². The molecule has 1 aromatic rings. The van der Waals surface area contributed by atoms with E-state index < -0.39 is 17.8 Å². The predicted molar refractivity (Wildman–Crippen MR) is 62.8 cm³/mol. The molecule has 0 heterocycles. The Balaban J connectivity index is 3.09. The molecule has 0 saturated carbocycles. The fourth-order valence-electron chi connectivity index (χ4n) is 1.30. The summed E-state index contributed by atoms with van der Waals surface area (Å²) in [5.74, 6) is 0. The summed E-state index contributed by atoms with van der Waals surface area (Å²) >= 11 is 1.93. The molecule has 1 atom stereocenters. The van der Waals surface area contributed by atoms with Crippen molar-refractivity contribution in [3.63, 3.8) is 0 Å². The van der Waals surface area contributed by atoms with Crippen LogP contribution in [-0.2, 0) is 6.18 Å². The minimum Gasteiger partial charge on any atom is -0.396 e. The molecule has 16 heavy (non-hydrogen) atoms. The largest absolute Gasteiger partial charge is 0.416 e. The SMILES string of the molecule is NC(CCO)c1cc(C(F)(F)F)ccc1I. The fraction of sp³-hybridized carbons (Fsp3) is 0.400. The summed E-state index contributed by atoms with van der Waals surface area (Å²) in [5.41, 5.74) is 5.40. The van der Waals surface area contributed by atoms with Gasteiger partial charge in [0.15, 0.2) is 0 Å². The van der Waals surface area contributed by atoms with E-state index in [0.717, 1.165) is 12.1 Å². The molecule has 0 bridgehead atoms. The number of nitrogens with two attached hydrogens (primary N) is 1. The van der Waals surface area contributed by atoms with Crippen LogP contribution in [0.25, 0.3) is 0 Å². The monoisotopic (exact) mass is 345 g/mol. The number of hydrogen-bond donors (Lipinski definition) is 2. The van der Waals surface area contributed by atoms with Crippen LogP contribution in [0.15, 0.2) is 18.2 Å². The normalized spacial score (nSPS) is 13.9. The zero-order valence-corrected chi connectivity index (χ0v) is 10.4. The van der Waals surface area contributed by atoms with Crippen LogP contribution in [0.4, 0.5) is 13.2 Å². The maximum absolute atomic E-state index is 12.5. The van der Waals surface area contributed by atoms with Gasteiger partial charge in [0, 0.05) is 16.2 Å². The highest BCUT2D eigenvalue weighted by Gasteiger charge is 2.31. The highest BCUT2D eigenvalue weighted by atomic mass is 127. The van der Waals surface area contributed by atoms with E-state index in [2.05, 4.69) is 0 Å². The van der Waals surface area contributed by atoms with Crippen LogP contribution in [0.1, 0.15) is 23.6 Å². The van der Waals surface area contributed by atoms with E-state index in [1.165, 1.54) is 6.07 Å². The molecule has 0 amide bonds. The van der Waals surface area contributed by atoms with Crippen molar-refractivity contribution in [2.24, 2.45) is 5.73 Å². The topological polar surface area (TPSA) is 46.2 Å². The molecule has 90 valence electrons. The molecule has 3 N–H and O–H groups in total. The molecule has 0 aliphatic rings. The van der Waals surface area contributed by atoms with E-state index in [1.807, 2.05) is 22.6 Å². The van der Waals surface area contributed by atoms with Crippen molar-refractivity contribution in [2.75, 3.05) is 6.61 Å². The van der Waals surface area contributed by atoms with E-state index in [0.29, 0.717) is 9.13 Å². The van der Waals surface area contributed by atoms with E-state index in [9.17, 15) is 13.2 Å². The molecule has 1 unspecified atom stereocenters. The van der Waals surface area contributed by atoms with Crippen LogP contribution in [0.3, 0.4) is 0 Å². The molecule has 1 rings (SSSR count). The van der Waals surface area contributed by atoms with Crippen LogP contribution in [0, 0.1) is 3.57 Å². The third-order valence-electron chi connectivity index (χ3n) is 2.16. The first kappa shape index (κ1) is 13.7. The second kappa shape index (κ2) is 5.33. The van der Waals surface area contributed by atoms with Crippen LogP contribution in [-0.4, -0.2) is 11.7 Å². The Morgan fingerprint density at radius 1 is 1.38 bits per heavy atom. The van der Waals surface area contributed by atoms with Crippen LogP contribution < -0.4 is 5.73 Å². The number of benzene rings is 1. The minimum absolute atomic E-state index is 0.145. The molecule has 0 spiro atoms. The van der Waals surface area contributed by atoms with Crippen molar-refractivity contribution in [3.05, 3.63) is 32.9 Å². The standard InChI is InChI=1S/C10H11F3INO/c11-10(12,13)6-1-2-8(14)7(5-6)9(15)3-4-16/h1-2,5,9,16H,3-4,15H2. The third-order valence-corrected chi connectivity index (χ3v) is 3.15. The highest BCUT2D eigenvalue weighted by Crippen LogP contribution is 2.32. The van der Waals surface area contributed by atoms with Crippen molar-refractivity contribution < 1.29 is 18.3 Å². The summed E-state index contributed by atoms with van der Waals surface area (Å²) in [5, 5.41) is 8.71. The molecule has 0 aliphatic heterocycles. The Bertz CT molecular complexity index is 368. The first-order valence-corrected chi connectivity index (χ1v) is 5.67. The van der Waals surface area contributed by atoms with Gasteiger partial charge in [0.25, 0.3) is 0 Å². The van der Waals surface area contributed by atoms with Crippen LogP contribution in [0.2, 0.25) is 0 Å². The molecule has 0 radical (unpaired) electrons. The van der Waals surface area contributed by atoms with E-state index in [-0.39, 0.29) is 13.0 Å². The second-order valence-corrected chi connectivity index (χ2v) is 4.52. The first-order valence-electron chi connectivity index (χ1n) is 4.59. The Kier molecular flexibility index (Phi) is 4.57. The summed E-state index contributed by atoms with van der Waals surface area (Å²) in [6, 6.07) is 2.88. The first-order chi connectivity index (χ1) is 7.36. The van der Waals surface area contributed by atoms with Crippen molar-refractivity contribution in [1.82, 2.24) is 0 Å². The zero-order valence-electron chi connectivity index (χ0n) is 8.26. The Hall–Kier alpha value is -0.340. The van der Waals surface area contributed by atoms with Gasteiger partial charge in [-0.2, -0.15) is 13.2 Å². The van der Waals surface area contributed by atoms with Gasteiger partial charge in [-0.3, -0.25) is 0 Å². The van der Waals surface area contributed by atoms with E-state index in [1.54, 1.807) is 0 Å². The lowest BCUT2D eigenvalue weighted by molar-refractivity contribution is -0.137. The molecule has 0 aliphatic carbocycles. The van der Waals surface area contributed by atoms with Gasteiger partial charge >= 0.3 is 6.18 Å². The lowest BCUT2D eigenvalue weighted by Gasteiger charge is -2.15. The quantitative estimate of drug-likeness (QED) is 0.828. The molecule has 1 aromatic carbocycles. The highest BCUT2D eigenvalue weighted by molar-refractivity contribution is 14.1. The fourth-order valence-corrected chi connectivity index (χ4v) is 2.03. The number of aliphatic hydroxyl groups excluding tert-OH is 1. The van der Waals surface area contributed by atoms with E-state index >= 15 is 0 Å². The molecule has 0 fully saturated rings. The third kappa shape index (κ3) is 3.33. The van der Waals surface area contributed by atoms with Crippen LogP contribution >= 0.6 is 22.6 Å². The molecular weight excluding hydrogens is 334 g/mol. The number of alkyl halides is 3. The van der Waals surface area contributed by atoms with Crippen molar-refractivity contribution in [3.8, 4) is 0 Å². The van der Waals surface area contributed by atoms with Gasteiger partial charge in [-0.15, -0.1) is 0 Å². The van der Waals surface area contributed by atoms with Gasteiger partial charge < -0.3 is 10.8 Å². The van der Waals surface area contributed by atoms with Gasteiger partial charge in [-0.1, -0.05) is 0 Å². The molecular formula is C10H11F3INO. The summed E-state index contributed by atoms with van der Waals surface area (Å²) in [6.45, 7) is -0.145. The molecule has 0 saturated heterocycles. The molecule has 0 aromatic heterocycles. The maximum Gasteiger partial charge on any atom is 0.416 e. The molecule has 2 nitrogen and oxygen atoms in total. The van der Waals surface area contributed by atoms with E-state index in [4.69, 9.17) is 10.8 Å². The predicted octanol–water partition coefficient (Wildman–Crippen LogP) is 2.69.